The second-order valence-electron chi connectivity index (χ2n) is 8.81. The van der Waals surface area contributed by atoms with Crippen LogP contribution in [0.3, 0.4) is 0 Å². The first-order valence-corrected chi connectivity index (χ1v) is 8.53. The molecule has 1 fully saturated rings. The Kier molecular flexibility index (Phi) is 7.10. The van der Waals surface area contributed by atoms with Crippen LogP contribution >= 0.6 is 0 Å². The van der Waals surface area contributed by atoms with Crippen LogP contribution in [0.15, 0.2) is 0 Å². The van der Waals surface area contributed by atoms with Crippen LogP contribution in [0.2, 0.25) is 0 Å². The molecule has 1 rings (SSSR count). The SMILES string of the molecule is CC1CC(N(C)C)C(O)C(OCC#CC(C)(C)CC(C)(C)C)O1. The van der Waals surface area contributed by atoms with Gasteiger partial charge in [-0.3, -0.25) is 0 Å². The van der Waals surface area contributed by atoms with E-state index in [2.05, 4.69) is 46.5 Å². The van der Waals surface area contributed by atoms with Crippen molar-refractivity contribution in [2.24, 2.45) is 10.8 Å². The lowest BCUT2D eigenvalue weighted by molar-refractivity contribution is -0.247. The lowest BCUT2D eigenvalue weighted by Gasteiger charge is -2.40. The number of hydrogen-bond acceptors (Lipinski definition) is 4. The number of aliphatic hydroxyl groups excluding tert-OH is 1. The van der Waals surface area contributed by atoms with E-state index in [1.165, 1.54) is 0 Å². The highest BCUT2D eigenvalue weighted by atomic mass is 16.7. The first-order valence-electron chi connectivity index (χ1n) is 8.53. The molecule has 0 aromatic heterocycles. The van der Waals surface area contributed by atoms with Crippen molar-refractivity contribution in [1.82, 2.24) is 4.90 Å². The van der Waals surface area contributed by atoms with Gasteiger partial charge in [-0.25, -0.2) is 0 Å². The van der Waals surface area contributed by atoms with Gasteiger partial charge >= 0.3 is 0 Å². The second kappa shape index (κ2) is 7.98. The third kappa shape index (κ3) is 7.22. The van der Waals surface area contributed by atoms with Crippen molar-refractivity contribution in [3.05, 3.63) is 0 Å². The fourth-order valence-corrected chi connectivity index (χ4v) is 3.45. The molecule has 0 aliphatic carbocycles. The minimum atomic E-state index is -0.648. The normalized spacial score (nSPS) is 29.3. The maximum absolute atomic E-state index is 10.4. The van der Waals surface area contributed by atoms with Gasteiger partial charge in [-0.1, -0.05) is 32.6 Å². The topological polar surface area (TPSA) is 41.9 Å². The van der Waals surface area contributed by atoms with Crippen LogP contribution in [0.4, 0.5) is 0 Å². The zero-order valence-corrected chi connectivity index (χ0v) is 16.1. The largest absolute Gasteiger partial charge is 0.386 e. The quantitative estimate of drug-likeness (QED) is 0.807. The van der Waals surface area contributed by atoms with Crippen LogP contribution in [0.1, 0.15) is 54.4 Å². The molecule has 4 heteroatoms. The Morgan fingerprint density at radius 3 is 2.35 bits per heavy atom. The van der Waals surface area contributed by atoms with E-state index in [4.69, 9.17) is 9.47 Å². The molecule has 0 spiro atoms. The summed E-state index contributed by atoms with van der Waals surface area (Å²) in [5, 5.41) is 10.4. The number of likely N-dealkylation sites (N-methyl/N-ethyl adjacent to an activating group) is 1. The van der Waals surface area contributed by atoms with Crippen LogP contribution in [0.25, 0.3) is 0 Å². The van der Waals surface area contributed by atoms with E-state index in [0.29, 0.717) is 0 Å². The molecule has 0 aromatic carbocycles. The molecule has 4 unspecified atom stereocenters. The summed E-state index contributed by atoms with van der Waals surface area (Å²) in [7, 11) is 3.94. The summed E-state index contributed by atoms with van der Waals surface area (Å²) < 4.78 is 11.4. The second-order valence-corrected chi connectivity index (χ2v) is 8.81. The first kappa shape index (κ1) is 20.4. The summed E-state index contributed by atoms with van der Waals surface area (Å²) in [6.07, 6.45) is 0.644. The average molecular weight is 325 g/mol. The Morgan fingerprint density at radius 1 is 1.22 bits per heavy atom. The van der Waals surface area contributed by atoms with Gasteiger partial charge in [-0.2, -0.15) is 0 Å². The number of nitrogens with zero attached hydrogens (tertiary/aromatic N) is 1. The molecule has 0 amide bonds. The predicted octanol–water partition coefficient (Wildman–Crippen LogP) is 2.89. The summed E-state index contributed by atoms with van der Waals surface area (Å²) in [6.45, 7) is 13.3. The summed E-state index contributed by atoms with van der Waals surface area (Å²) in [5.41, 5.74) is 0.198. The van der Waals surface area contributed by atoms with Crippen LogP contribution in [0.5, 0.6) is 0 Å². The Bertz CT molecular complexity index is 428. The Hall–Kier alpha value is -0.600. The van der Waals surface area contributed by atoms with Crippen molar-refractivity contribution in [3.63, 3.8) is 0 Å². The van der Waals surface area contributed by atoms with Crippen LogP contribution in [-0.2, 0) is 9.47 Å². The molecule has 23 heavy (non-hydrogen) atoms. The van der Waals surface area contributed by atoms with Crippen LogP contribution in [-0.4, -0.2) is 55.2 Å². The van der Waals surface area contributed by atoms with Crippen molar-refractivity contribution in [2.75, 3.05) is 20.7 Å². The summed E-state index contributed by atoms with van der Waals surface area (Å²) in [5.74, 6) is 6.39. The summed E-state index contributed by atoms with van der Waals surface area (Å²) in [4.78, 5) is 2.03. The lowest BCUT2D eigenvalue weighted by Crippen LogP contribution is -2.54. The van der Waals surface area contributed by atoms with E-state index in [-0.39, 0.29) is 29.6 Å². The highest BCUT2D eigenvalue weighted by Gasteiger charge is 2.37. The van der Waals surface area contributed by atoms with Crippen molar-refractivity contribution >= 4 is 0 Å². The van der Waals surface area contributed by atoms with E-state index < -0.39 is 12.4 Å². The van der Waals surface area contributed by atoms with Gasteiger partial charge in [0.25, 0.3) is 0 Å². The molecule has 1 aliphatic heterocycles. The van der Waals surface area contributed by atoms with E-state index >= 15 is 0 Å². The Morgan fingerprint density at radius 2 is 1.83 bits per heavy atom. The molecule has 1 N–H and O–H groups in total. The van der Waals surface area contributed by atoms with E-state index in [0.717, 1.165) is 12.8 Å². The smallest absolute Gasteiger partial charge is 0.186 e. The zero-order chi connectivity index (χ0) is 17.8. The molecule has 1 aliphatic rings. The molecular formula is C19H35NO3. The highest BCUT2D eigenvalue weighted by Crippen LogP contribution is 2.32. The zero-order valence-electron chi connectivity index (χ0n) is 16.1. The molecule has 0 radical (unpaired) electrons. The molecule has 4 nitrogen and oxygen atoms in total. The third-order valence-electron chi connectivity index (χ3n) is 4.00. The highest BCUT2D eigenvalue weighted by molar-refractivity contribution is 5.10. The van der Waals surface area contributed by atoms with E-state index in [1.807, 2.05) is 25.9 Å². The molecule has 4 atom stereocenters. The average Bonchev–Trinajstić information content (AvgIpc) is 2.34. The van der Waals surface area contributed by atoms with E-state index in [1.54, 1.807) is 0 Å². The van der Waals surface area contributed by atoms with Gasteiger partial charge in [0.1, 0.15) is 12.7 Å². The molecule has 1 saturated heterocycles. The van der Waals surface area contributed by atoms with Crippen molar-refractivity contribution in [3.8, 4) is 11.8 Å². The Labute approximate surface area is 142 Å². The van der Waals surface area contributed by atoms with Crippen molar-refractivity contribution < 1.29 is 14.6 Å². The van der Waals surface area contributed by atoms with Gasteiger partial charge in [0, 0.05) is 11.5 Å². The third-order valence-corrected chi connectivity index (χ3v) is 4.00. The molecule has 134 valence electrons. The maximum Gasteiger partial charge on any atom is 0.186 e. The maximum atomic E-state index is 10.4. The monoisotopic (exact) mass is 325 g/mol. The molecule has 0 aromatic rings. The van der Waals surface area contributed by atoms with Crippen molar-refractivity contribution in [2.45, 2.75) is 78.9 Å². The number of rotatable bonds is 4. The Balaban J connectivity index is 2.56. The number of aliphatic hydroxyl groups is 1. The first-order chi connectivity index (χ1) is 10.4. The van der Waals surface area contributed by atoms with Gasteiger partial charge in [-0.15, -0.1) is 0 Å². The molecule has 1 heterocycles. The summed E-state index contributed by atoms with van der Waals surface area (Å²) in [6, 6.07) is 0.0500. The van der Waals surface area contributed by atoms with Gasteiger partial charge in [0.05, 0.1) is 6.10 Å². The number of hydrogen-bond donors (Lipinski definition) is 1. The van der Waals surface area contributed by atoms with Crippen LogP contribution in [0, 0.1) is 22.7 Å². The van der Waals surface area contributed by atoms with Gasteiger partial charge < -0.3 is 19.5 Å². The van der Waals surface area contributed by atoms with Gasteiger partial charge in [-0.05, 0) is 53.1 Å². The van der Waals surface area contributed by atoms with Crippen molar-refractivity contribution in [1.29, 1.82) is 0 Å². The van der Waals surface area contributed by atoms with Gasteiger partial charge in [0.15, 0.2) is 6.29 Å². The summed E-state index contributed by atoms with van der Waals surface area (Å²) >= 11 is 0. The van der Waals surface area contributed by atoms with Gasteiger partial charge in [0.2, 0.25) is 0 Å². The van der Waals surface area contributed by atoms with Crippen LogP contribution < -0.4 is 0 Å². The lowest BCUT2D eigenvalue weighted by atomic mass is 9.77. The minimum absolute atomic E-state index is 0.0485. The number of ether oxygens (including phenoxy) is 2. The fourth-order valence-electron chi connectivity index (χ4n) is 3.45. The minimum Gasteiger partial charge on any atom is -0.386 e. The molecular weight excluding hydrogens is 290 g/mol. The molecule has 0 saturated carbocycles. The van der Waals surface area contributed by atoms with E-state index in [9.17, 15) is 5.11 Å². The molecule has 0 bridgehead atoms. The fraction of sp³-hybridized carbons (Fsp3) is 0.895. The predicted molar refractivity (Wildman–Crippen MR) is 94.0 cm³/mol. The standard InChI is InChI=1S/C19H35NO3/c1-14-12-15(20(7)8)16(21)17(23-14)22-11-9-10-19(5,6)13-18(2,3)4/h14-17,21H,11-13H2,1-8H3.